The molecule has 1 aromatic carbocycles. The lowest BCUT2D eigenvalue weighted by Gasteiger charge is -2.32. The number of nitrogens with zero attached hydrogens (tertiary/aromatic N) is 1. The summed E-state index contributed by atoms with van der Waals surface area (Å²) in [4.78, 5) is 2.14. The quantitative estimate of drug-likeness (QED) is 0.747. The van der Waals surface area contributed by atoms with Gasteiger partial charge in [-0.15, -0.1) is 0 Å². The van der Waals surface area contributed by atoms with E-state index in [1.54, 1.807) is 6.07 Å². The lowest BCUT2D eigenvalue weighted by molar-refractivity contribution is 0.577. The van der Waals surface area contributed by atoms with Gasteiger partial charge in [0.05, 0.1) is 5.69 Å². The van der Waals surface area contributed by atoms with E-state index in [0.29, 0.717) is 5.69 Å². The molecule has 0 aromatic heterocycles. The standard InChI is InChI=1S/C16H27FN2/c1-5-6-7-11-19(12(2)3)16-14(13(4)18)9-8-10-15(16)17/h8-10,12-13H,5-7,11,18H2,1-4H3. The molecular formula is C16H27FN2. The van der Waals surface area contributed by atoms with Crippen molar-refractivity contribution in [2.75, 3.05) is 11.4 Å². The molecule has 108 valence electrons. The van der Waals surface area contributed by atoms with Gasteiger partial charge in [0.15, 0.2) is 0 Å². The van der Waals surface area contributed by atoms with Gasteiger partial charge in [0, 0.05) is 18.6 Å². The highest BCUT2D eigenvalue weighted by atomic mass is 19.1. The monoisotopic (exact) mass is 266 g/mol. The number of unbranched alkanes of at least 4 members (excludes halogenated alkanes) is 2. The van der Waals surface area contributed by atoms with Gasteiger partial charge in [0.1, 0.15) is 5.82 Å². The average Bonchev–Trinajstić information content (AvgIpc) is 2.34. The highest BCUT2D eigenvalue weighted by Gasteiger charge is 2.19. The molecule has 0 aliphatic rings. The van der Waals surface area contributed by atoms with Crippen LogP contribution in [-0.4, -0.2) is 12.6 Å². The van der Waals surface area contributed by atoms with Crippen LogP contribution in [0.1, 0.15) is 58.6 Å². The van der Waals surface area contributed by atoms with E-state index in [1.165, 1.54) is 18.9 Å². The molecule has 1 atom stereocenters. The molecule has 0 aliphatic carbocycles. The number of para-hydroxylation sites is 1. The Hall–Kier alpha value is -1.09. The predicted octanol–water partition coefficient (Wildman–Crippen LogP) is 4.25. The van der Waals surface area contributed by atoms with E-state index < -0.39 is 0 Å². The first-order chi connectivity index (χ1) is 8.99. The maximum Gasteiger partial charge on any atom is 0.146 e. The van der Waals surface area contributed by atoms with Gasteiger partial charge in [0.2, 0.25) is 0 Å². The van der Waals surface area contributed by atoms with Crippen molar-refractivity contribution in [3.05, 3.63) is 29.6 Å². The molecule has 0 bridgehead atoms. The second-order valence-electron chi connectivity index (χ2n) is 5.46. The van der Waals surface area contributed by atoms with Crippen LogP contribution in [0.5, 0.6) is 0 Å². The van der Waals surface area contributed by atoms with Crippen LogP contribution in [-0.2, 0) is 0 Å². The molecular weight excluding hydrogens is 239 g/mol. The minimum absolute atomic E-state index is 0.155. The number of anilines is 1. The molecule has 2 nitrogen and oxygen atoms in total. The van der Waals surface area contributed by atoms with Crippen molar-refractivity contribution < 1.29 is 4.39 Å². The molecule has 0 amide bonds. The lowest BCUT2D eigenvalue weighted by Crippen LogP contribution is -2.34. The van der Waals surface area contributed by atoms with Crippen molar-refractivity contribution in [2.45, 2.75) is 59.0 Å². The van der Waals surface area contributed by atoms with E-state index in [0.717, 1.165) is 18.5 Å². The van der Waals surface area contributed by atoms with Crippen LogP contribution in [0.25, 0.3) is 0 Å². The molecule has 0 spiro atoms. The Balaban J connectivity index is 3.07. The van der Waals surface area contributed by atoms with E-state index in [1.807, 2.05) is 13.0 Å². The third-order valence-electron chi connectivity index (χ3n) is 3.42. The molecule has 0 saturated heterocycles. The Morgan fingerprint density at radius 1 is 1.21 bits per heavy atom. The van der Waals surface area contributed by atoms with Gasteiger partial charge in [-0.25, -0.2) is 4.39 Å². The molecule has 0 radical (unpaired) electrons. The number of rotatable bonds is 7. The van der Waals surface area contributed by atoms with E-state index in [2.05, 4.69) is 25.7 Å². The normalized spacial score (nSPS) is 12.8. The van der Waals surface area contributed by atoms with Crippen LogP contribution in [0.3, 0.4) is 0 Å². The zero-order valence-electron chi connectivity index (χ0n) is 12.6. The summed E-state index contributed by atoms with van der Waals surface area (Å²) in [5, 5.41) is 0. The maximum absolute atomic E-state index is 14.2. The molecule has 0 fully saturated rings. The van der Waals surface area contributed by atoms with Crippen LogP contribution in [0.15, 0.2) is 18.2 Å². The van der Waals surface area contributed by atoms with Gasteiger partial charge >= 0.3 is 0 Å². The van der Waals surface area contributed by atoms with E-state index in [4.69, 9.17) is 5.73 Å². The third-order valence-corrected chi connectivity index (χ3v) is 3.42. The first-order valence-electron chi connectivity index (χ1n) is 7.29. The molecule has 0 saturated carbocycles. The van der Waals surface area contributed by atoms with Crippen molar-refractivity contribution in [3.63, 3.8) is 0 Å². The molecule has 1 aromatic rings. The molecule has 2 N–H and O–H groups in total. The Morgan fingerprint density at radius 2 is 1.89 bits per heavy atom. The first-order valence-corrected chi connectivity index (χ1v) is 7.29. The molecule has 19 heavy (non-hydrogen) atoms. The summed E-state index contributed by atoms with van der Waals surface area (Å²) in [5.74, 6) is -0.167. The minimum atomic E-state index is -0.167. The van der Waals surface area contributed by atoms with Gasteiger partial charge in [-0.3, -0.25) is 0 Å². The highest BCUT2D eigenvalue weighted by molar-refractivity contribution is 5.56. The number of benzene rings is 1. The fraction of sp³-hybridized carbons (Fsp3) is 0.625. The van der Waals surface area contributed by atoms with Crippen LogP contribution < -0.4 is 10.6 Å². The van der Waals surface area contributed by atoms with E-state index in [9.17, 15) is 4.39 Å². The highest BCUT2D eigenvalue weighted by Crippen LogP contribution is 2.30. The molecule has 3 heteroatoms. The van der Waals surface area contributed by atoms with Gasteiger partial charge in [-0.05, 0) is 38.8 Å². The fourth-order valence-electron chi connectivity index (χ4n) is 2.36. The number of hydrogen-bond acceptors (Lipinski definition) is 2. The second-order valence-corrected chi connectivity index (χ2v) is 5.46. The van der Waals surface area contributed by atoms with E-state index in [-0.39, 0.29) is 17.9 Å². The Morgan fingerprint density at radius 3 is 2.42 bits per heavy atom. The van der Waals surface area contributed by atoms with E-state index >= 15 is 0 Å². The van der Waals surface area contributed by atoms with Gasteiger partial charge in [0.25, 0.3) is 0 Å². The van der Waals surface area contributed by atoms with Crippen LogP contribution in [0.4, 0.5) is 10.1 Å². The van der Waals surface area contributed by atoms with Gasteiger partial charge in [-0.1, -0.05) is 31.9 Å². The third kappa shape index (κ3) is 4.20. The Kier molecular flexibility index (Phi) is 6.29. The van der Waals surface area contributed by atoms with Gasteiger partial charge in [-0.2, -0.15) is 0 Å². The molecule has 0 heterocycles. The topological polar surface area (TPSA) is 29.3 Å². The van der Waals surface area contributed by atoms with Crippen LogP contribution in [0, 0.1) is 5.82 Å². The van der Waals surface area contributed by atoms with Gasteiger partial charge < -0.3 is 10.6 Å². The Bertz CT molecular complexity index is 388. The smallest absolute Gasteiger partial charge is 0.146 e. The fourth-order valence-corrected chi connectivity index (χ4v) is 2.36. The molecule has 0 aliphatic heterocycles. The minimum Gasteiger partial charge on any atom is -0.366 e. The lowest BCUT2D eigenvalue weighted by atomic mass is 10.0. The van der Waals surface area contributed by atoms with Crippen LogP contribution in [0.2, 0.25) is 0 Å². The maximum atomic E-state index is 14.2. The van der Waals surface area contributed by atoms with Crippen LogP contribution >= 0.6 is 0 Å². The van der Waals surface area contributed by atoms with Crippen molar-refractivity contribution in [2.24, 2.45) is 5.73 Å². The summed E-state index contributed by atoms with van der Waals surface area (Å²) >= 11 is 0. The summed E-state index contributed by atoms with van der Waals surface area (Å²) in [6.45, 7) is 9.16. The summed E-state index contributed by atoms with van der Waals surface area (Å²) in [7, 11) is 0. The second kappa shape index (κ2) is 7.49. The largest absolute Gasteiger partial charge is 0.366 e. The summed E-state index contributed by atoms with van der Waals surface area (Å²) in [5.41, 5.74) is 7.56. The zero-order valence-corrected chi connectivity index (χ0v) is 12.6. The average molecular weight is 266 g/mol. The Labute approximate surface area is 116 Å². The number of nitrogens with two attached hydrogens (primary N) is 1. The molecule has 1 rings (SSSR count). The predicted molar refractivity (Wildman–Crippen MR) is 81.0 cm³/mol. The molecule has 1 unspecified atom stereocenters. The van der Waals surface area contributed by atoms with Crippen molar-refractivity contribution in [3.8, 4) is 0 Å². The summed E-state index contributed by atoms with van der Waals surface area (Å²) < 4.78 is 14.2. The number of hydrogen-bond donors (Lipinski definition) is 1. The van der Waals surface area contributed by atoms with Crippen molar-refractivity contribution in [1.82, 2.24) is 0 Å². The first kappa shape index (κ1) is 16.0. The summed E-state index contributed by atoms with van der Waals surface area (Å²) in [6.07, 6.45) is 3.43. The SMILES string of the molecule is CCCCCN(c1c(F)cccc1C(C)N)C(C)C. The zero-order chi connectivity index (χ0) is 14.4. The van der Waals surface area contributed by atoms with Crippen molar-refractivity contribution in [1.29, 1.82) is 0 Å². The van der Waals surface area contributed by atoms with Crippen molar-refractivity contribution >= 4 is 5.69 Å². The number of halogens is 1. The summed E-state index contributed by atoms with van der Waals surface area (Å²) in [6, 6.07) is 5.31.